The van der Waals surface area contributed by atoms with Crippen LogP contribution in [0, 0.1) is 29.6 Å². The van der Waals surface area contributed by atoms with Crippen molar-refractivity contribution in [2.24, 2.45) is 17.8 Å². The van der Waals surface area contributed by atoms with Gasteiger partial charge in [0.2, 0.25) is 0 Å². The molecule has 29 heavy (non-hydrogen) atoms. The standard InChI is InChI=1S/C23H35ClO4S/c1-16(2)28-23(27)15-29-13-7-6-10-18-19(22(26)14-20(18)24)11-12-21(25)17-8-4-3-5-9-17/h6-7,16-22,25-26H,3-5,8-10,13-15H2,1-2H3/b7-6-/t18-,19?,20-,21-,22-/m1/s1. The molecule has 0 spiro atoms. The predicted octanol–water partition coefficient (Wildman–Crippen LogP) is 4.17. The molecule has 4 nitrogen and oxygen atoms in total. The maximum absolute atomic E-state index is 11.5. The number of aliphatic hydroxyl groups excluding tert-OH is 2. The largest absolute Gasteiger partial charge is 0.462 e. The summed E-state index contributed by atoms with van der Waals surface area (Å²) in [6.07, 6.45) is 9.80. The molecule has 0 aromatic rings. The number of allylic oxidation sites excluding steroid dienone is 1. The highest BCUT2D eigenvalue weighted by atomic mass is 35.5. The first-order valence-corrected chi connectivity index (χ1v) is 12.4. The maximum atomic E-state index is 11.5. The van der Waals surface area contributed by atoms with Gasteiger partial charge in [0.05, 0.1) is 23.9 Å². The molecule has 0 heterocycles. The maximum Gasteiger partial charge on any atom is 0.316 e. The van der Waals surface area contributed by atoms with Gasteiger partial charge in [0.1, 0.15) is 6.10 Å². The number of esters is 1. The van der Waals surface area contributed by atoms with Gasteiger partial charge in [-0.25, -0.2) is 0 Å². The molecule has 2 saturated carbocycles. The van der Waals surface area contributed by atoms with E-state index in [2.05, 4.69) is 17.9 Å². The van der Waals surface area contributed by atoms with Crippen molar-refractivity contribution in [3.8, 4) is 11.8 Å². The quantitative estimate of drug-likeness (QED) is 0.194. The van der Waals surface area contributed by atoms with E-state index < -0.39 is 12.2 Å². The number of carbonyl (C=O) groups is 1. The van der Waals surface area contributed by atoms with Crippen molar-refractivity contribution in [3.63, 3.8) is 0 Å². The molecule has 2 fully saturated rings. The molecule has 0 aromatic carbocycles. The molecule has 2 aliphatic carbocycles. The minimum Gasteiger partial charge on any atom is -0.462 e. The Morgan fingerprint density at radius 1 is 1.28 bits per heavy atom. The number of carbonyl (C=O) groups excluding carboxylic acids is 1. The van der Waals surface area contributed by atoms with E-state index in [0.29, 0.717) is 12.2 Å². The molecule has 2 rings (SSSR count). The Morgan fingerprint density at radius 3 is 2.69 bits per heavy atom. The number of aliphatic hydroxyl groups is 2. The second-order valence-electron chi connectivity index (χ2n) is 8.40. The summed E-state index contributed by atoms with van der Waals surface area (Å²) >= 11 is 7.98. The molecule has 0 bridgehead atoms. The Labute approximate surface area is 184 Å². The normalized spacial score (nSPS) is 29.0. The van der Waals surface area contributed by atoms with Crippen LogP contribution in [0.1, 0.15) is 58.8 Å². The van der Waals surface area contributed by atoms with Crippen molar-refractivity contribution in [2.45, 2.75) is 82.5 Å². The van der Waals surface area contributed by atoms with Gasteiger partial charge in [-0.05, 0) is 51.4 Å². The van der Waals surface area contributed by atoms with Gasteiger partial charge in [-0.3, -0.25) is 4.79 Å². The van der Waals surface area contributed by atoms with Crippen molar-refractivity contribution in [2.75, 3.05) is 11.5 Å². The topological polar surface area (TPSA) is 66.8 Å². The van der Waals surface area contributed by atoms with Crippen molar-refractivity contribution < 1.29 is 19.7 Å². The Hall–Kier alpha value is -0.670. The summed E-state index contributed by atoms with van der Waals surface area (Å²) in [6, 6.07) is 0. The summed E-state index contributed by atoms with van der Waals surface area (Å²) in [5.41, 5.74) is 0. The lowest BCUT2D eigenvalue weighted by Gasteiger charge is -2.23. The number of alkyl halides is 1. The Bertz CT molecular complexity index is 591. The van der Waals surface area contributed by atoms with Crippen LogP contribution >= 0.6 is 23.4 Å². The molecule has 164 valence electrons. The average Bonchev–Trinajstić information content (AvgIpc) is 2.95. The zero-order valence-electron chi connectivity index (χ0n) is 17.6. The smallest absolute Gasteiger partial charge is 0.316 e. The number of hydrogen-bond acceptors (Lipinski definition) is 5. The highest BCUT2D eigenvalue weighted by Gasteiger charge is 2.40. The molecule has 5 atom stereocenters. The molecule has 0 aliphatic heterocycles. The van der Waals surface area contributed by atoms with Crippen molar-refractivity contribution in [1.29, 1.82) is 0 Å². The van der Waals surface area contributed by atoms with Gasteiger partial charge < -0.3 is 14.9 Å². The zero-order valence-corrected chi connectivity index (χ0v) is 19.1. The van der Waals surface area contributed by atoms with Crippen LogP contribution in [0.15, 0.2) is 12.2 Å². The average molecular weight is 443 g/mol. The Kier molecular flexibility index (Phi) is 10.9. The lowest BCUT2D eigenvalue weighted by Crippen LogP contribution is -2.23. The molecule has 0 amide bonds. The van der Waals surface area contributed by atoms with E-state index in [1.165, 1.54) is 31.0 Å². The molecule has 0 saturated heterocycles. The van der Waals surface area contributed by atoms with E-state index in [0.717, 1.165) is 25.0 Å². The monoisotopic (exact) mass is 442 g/mol. The summed E-state index contributed by atoms with van der Waals surface area (Å²) in [5.74, 6) is 7.20. The first-order chi connectivity index (χ1) is 13.9. The van der Waals surface area contributed by atoms with Gasteiger partial charge in [0.15, 0.2) is 0 Å². The molecular formula is C23H35ClO4S. The third-order valence-electron chi connectivity index (χ3n) is 5.68. The van der Waals surface area contributed by atoms with Crippen molar-refractivity contribution in [3.05, 3.63) is 12.2 Å². The van der Waals surface area contributed by atoms with Gasteiger partial charge in [-0.2, -0.15) is 0 Å². The van der Waals surface area contributed by atoms with Gasteiger partial charge >= 0.3 is 5.97 Å². The highest BCUT2D eigenvalue weighted by molar-refractivity contribution is 8.00. The van der Waals surface area contributed by atoms with Crippen LogP contribution in [0.25, 0.3) is 0 Å². The van der Waals surface area contributed by atoms with E-state index in [1.54, 1.807) is 0 Å². The third kappa shape index (κ3) is 8.53. The number of rotatable bonds is 8. The first kappa shape index (κ1) is 24.6. The fourth-order valence-electron chi connectivity index (χ4n) is 4.14. The lowest BCUT2D eigenvalue weighted by atomic mass is 9.85. The molecule has 2 N–H and O–H groups in total. The number of thioether (sulfide) groups is 1. The van der Waals surface area contributed by atoms with Crippen LogP contribution in [0.3, 0.4) is 0 Å². The Morgan fingerprint density at radius 2 is 2.00 bits per heavy atom. The minimum absolute atomic E-state index is 0.0740. The first-order valence-electron chi connectivity index (χ1n) is 10.8. The van der Waals surface area contributed by atoms with Crippen LogP contribution < -0.4 is 0 Å². The summed E-state index contributed by atoms with van der Waals surface area (Å²) in [7, 11) is 0. The van der Waals surface area contributed by atoms with Crippen molar-refractivity contribution >= 4 is 29.3 Å². The van der Waals surface area contributed by atoms with Crippen molar-refractivity contribution in [1.82, 2.24) is 0 Å². The summed E-state index contributed by atoms with van der Waals surface area (Å²) in [5, 5.41) is 20.7. The SMILES string of the molecule is CC(C)OC(=O)CSC/C=C\C[C@@H]1C(C#C[C@@H](O)C2CCCCC2)[C@H](O)C[C@H]1Cl. The Balaban J connectivity index is 1.80. The number of hydrogen-bond donors (Lipinski definition) is 2. The summed E-state index contributed by atoms with van der Waals surface area (Å²) in [6.45, 7) is 3.68. The van der Waals surface area contributed by atoms with E-state index in [-0.39, 0.29) is 35.2 Å². The van der Waals surface area contributed by atoms with Crippen LogP contribution in [-0.2, 0) is 9.53 Å². The minimum atomic E-state index is -0.602. The van der Waals surface area contributed by atoms with E-state index in [1.807, 2.05) is 19.9 Å². The molecule has 0 aromatic heterocycles. The van der Waals surface area contributed by atoms with Gasteiger partial charge in [0.25, 0.3) is 0 Å². The van der Waals surface area contributed by atoms with E-state index in [4.69, 9.17) is 16.3 Å². The number of ether oxygens (including phenoxy) is 1. The van der Waals surface area contributed by atoms with Gasteiger partial charge in [-0.1, -0.05) is 43.3 Å². The van der Waals surface area contributed by atoms with Crippen LogP contribution in [-0.4, -0.2) is 51.4 Å². The second kappa shape index (κ2) is 12.9. The van der Waals surface area contributed by atoms with Crippen LogP contribution in [0.5, 0.6) is 0 Å². The van der Waals surface area contributed by atoms with E-state index >= 15 is 0 Å². The molecular weight excluding hydrogens is 408 g/mol. The fraction of sp³-hybridized carbons (Fsp3) is 0.783. The molecule has 6 heteroatoms. The predicted molar refractivity (Wildman–Crippen MR) is 120 cm³/mol. The van der Waals surface area contributed by atoms with Crippen LogP contribution in [0.4, 0.5) is 0 Å². The lowest BCUT2D eigenvalue weighted by molar-refractivity contribution is -0.144. The van der Waals surface area contributed by atoms with Gasteiger partial charge in [0, 0.05) is 11.1 Å². The van der Waals surface area contributed by atoms with Gasteiger partial charge in [-0.15, -0.1) is 23.4 Å². The fourth-order valence-corrected chi connectivity index (χ4v) is 5.20. The molecule has 1 unspecified atom stereocenters. The highest BCUT2D eigenvalue weighted by Crippen LogP contribution is 2.38. The third-order valence-corrected chi connectivity index (χ3v) is 7.05. The summed E-state index contributed by atoms with van der Waals surface area (Å²) in [4.78, 5) is 11.5. The van der Waals surface area contributed by atoms with Crippen LogP contribution in [0.2, 0.25) is 0 Å². The summed E-state index contributed by atoms with van der Waals surface area (Å²) < 4.78 is 5.10. The zero-order chi connectivity index (χ0) is 21.2. The van der Waals surface area contributed by atoms with E-state index in [9.17, 15) is 15.0 Å². The second-order valence-corrected chi connectivity index (χ2v) is 9.99. The molecule has 0 radical (unpaired) electrons. The molecule has 2 aliphatic rings. The number of halogens is 1.